The Morgan fingerprint density at radius 3 is 3.00 bits per heavy atom. The molecule has 2 N–H and O–H groups in total. The fraction of sp³-hybridized carbons (Fsp3) is 0.167. The van der Waals surface area contributed by atoms with Gasteiger partial charge in [0.15, 0.2) is 0 Å². The zero-order valence-corrected chi connectivity index (χ0v) is 13.7. The van der Waals surface area contributed by atoms with Crippen LogP contribution in [0.5, 0.6) is 0 Å². The van der Waals surface area contributed by atoms with Gasteiger partial charge in [0, 0.05) is 24.0 Å². The molecule has 22 heavy (non-hydrogen) atoms. The normalized spacial score (nSPS) is 18.6. The van der Waals surface area contributed by atoms with Gasteiger partial charge in [0.05, 0.1) is 24.6 Å². The van der Waals surface area contributed by atoms with Crippen LogP contribution >= 0.6 is 36.2 Å². The van der Waals surface area contributed by atoms with Crippen LogP contribution < -0.4 is 10.9 Å². The van der Waals surface area contributed by atoms with Gasteiger partial charge in [0.25, 0.3) is 0 Å². The number of thiazole rings is 1. The van der Waals surface area contributed by atoms with E-state index in [9.17, 15) is 0 Å². The van der Waals surface area contributed by atoms with Gasteiger partial charge in [-0.05, 0) is 0 Å². The summed E-state index contributed by atoms with van der Waals surface area (Å²) in [6, 6.07) is 0. The van der Waals surface area contributed by atoms with E-state index in [4.69, 9.17) is 0 Å². The second kappa shape index (κ2) is 7.01. The molecule has 2 aliphatic heterocycles. The van der Waals surface area contributed by atoms with Gasteiger partial charge < -0.3 is 10.3 Å². The number of hydrazine groups is 1. The van der Waals surface area contributed by atoms with Crippen molar-refractivity contribution >= 4 is 42.4 Å². The maximum atomic E-state index is 4.65. The third-order valence-corrected chi connectivity index (χ3v) is 4.01. The Bertz CT molecular complexity index is 688. The zero-order valence-electron chi connectivity index (χ0n) is 11.2. The molecule has 0 amide bonds. The van der Waals surface area contributed by atoms with Crippen molar-refractivity contribution in [2.45, 2.75) is 6.17 Å². The first-order valence-electron chi connectivity index (χ1n) is 6.13. The summed E-state index contributed by atoms with van der Waals surface area (Å²) in [6.07, 6.45) is 8.74. The summed E-state index contributed by atoms with van der Waals surface area (Å²) < 4.78 is 0. The number of nitrogens with one attached hydrogen (secondary N) is 2. The summed E-state index contributed by atoms with van der Waals surface area (Å²) in [4.78, 5) is 19.3. The van der Waals surface area contributed by atoms with Crippen molar-refractivity contribution in [3.63, 3.8) is 0 Å². The number of fused-ring (bicyclic) bond motifs is 1. The van der Waals surface area contributed by atoms with Crippen LogP contribution in [0.2, 0.25) is 0 Å². The van der Waals surface area contributed by atoms with Crippen LogP contribution in [0.25, 0.3) is 10.7 Å². The molecule has 0 aromatic carbocycles. The Balaban J connectivity index is 0.000000882. The van der Waals surface area contributed by atoms with E-state index in [2.05, 4.69) is 35.7 Å². The third kappa shape index (κ3) is 2.91. The molecule has 4 heterocycles. The third-order valence-electron chi connectivity index (χ3n) is 3.12. The van der Waals surface area contributed by atoms with Gasteiger partial charge in [-0.3, -0.25) is 15.0 Å². The molecule has 1 unspecified atom stereocenters. The van der Waals surface area contributed by atoms with Crippen LogP contribution in [0.15, 0.2) is 41.0 Å². The highest BCUT2D eigenvalue weighted by Crippen LogP contribution is 2.29. The molecule has 10 heteroatoms. The summed E-state index contributed by atoms with van der Waals surface area (Å²) in [7, 11) is 0. The minimum atomic E-state index is 0. The van der Waals surface area contributed by atoms with Crippen LogP contribution in [-0.2, 0) is 0 Å². The molecule has 0 spiro atoms. The Kier molecular flexibility index (Phi) is 5.30. The van der Waals surface area contributed by atoms with Crippen molar-refractivity contribution < 1.29 is 0 Å². The fourth-order valence-corrected chi connectivity index (χ4v) is 2.97. The highest BCUT2D eigenvalue weighted by atomic mass is 35.5. The van der Waals surface area contributed by atoms with Crippen LogP contribution in [0, 0.1) is 0 Å². The van der Waals surface area contributed by atoms with E-state index in [1.165, 1.54) is 0 Å². The zero-order chi connectivity index (χ0) is 13.4. The van der Waals surface area contributed by atoms with Crippen molar-refractivity contribution in [3.05, 3.63) is 41.7 Å². The van der Waals surface area contributed by atoms with Crippen molar-refractivity contribution in [2.75, 3.05) is 6.54 Å². The lowest BCUT2D eigenvalue weighted by Gasteiger charge is -2.23. The van der Waals surface area contributed by atoms with Crippen LogP contribution in [0.3, 0.4) is 0 Å². The summed E-state index contributed by atoms with van der Waals surface area (Å²) in [5.41, 5.74) is 8.09. The molecule has 0 saturated carbocycles. The van der Waals surface area contributed by atoms with Crippen molar-refractivity contribution in [2.24, 2.45) is 4.99 Å². The first-order chi connectivity index (χ1) is 9.92. The van der Waals surface area contributed by atoms with Gasteiger partial charge in [-0.2, -0.15) is 0 Å². The minimum absolute atomic E-state index is 0. The van der Waals surface area contributed by atoms with Crippen molar-refractivity contribution in [1.82, 2.24) is 30.7 Å². The first-order valence-corrected chi connectivity index (χ1v) is 7.01. The van der Waals surface area contributed by atoms with Gasteiger partial charge >= 0.3 is 0 Å². The topological polar surface area (TPSA) is 78.3 Å². The lowest BCUT2D eigenvalue weighted by molar-refractivity contribution is 0.308. The number of hydrogen-bond acceptors (Lipinski definition) is 8. The van der Waals surface area contributed by atoms with E-state index in [0.717, 1.165) is 28.8 Å². The quantitative estimate of drug-likeness (QED) is 0.852. The van der Waals surface area contributed by atoms with Crippen LogP contribution in [-0.4, -0.2) is 32.6 Å². The number of hydrogen-bond donors (Lipinski definition) is 2. The Hall–Kier alpha value is -1.74. The number of nitrogens with zero attached hydrogens (tertiary/aromatic N) is 5. The standard InChI is InChI=1S/C12H11N7S.2ClH/c1-2-15-8(5-13-1)12-16-9(7-20-12)11-18-17-10-6-14-3-4-19(10)11;;/h1-3,5-7,11,17-18H,4H2;2*1H. The largest absolute Gasteiger partial charge is 0.328 e. The van der Waals surface area contributed by atoms with E-state index >= 15 is 0 Å². The second-order valence-corrected chi connectivity index (χ2v) is 5.20. The first kappa shape index (κ1) is 16.6. The van der Waals surface area contributed by atoms with E-state index < -0.39 is 0 Å². The Morgan fingerprint density at radius 1 is 1.27 bits per heavy atom. The summed E-state index contributed by atoms with van der Waals surface area (Å²) in [5.74, 6) is 0.964. The number of aromatic nitrogens is 3. The summed E-state index contributed by atoms with van der Waals surface area (Å²) >= 11 is 1.57. The lowest BCUT2D eigenvalue weighted by atomic mass is 10.3. The molecular formula is C12H13Cl2N7S. The SMILES string of the molecule is C1=NC=C2NNC(c3csc(-c4cnccn4)n3)N2C1.Cl.Cl. The molecule has 0 radical (unpaired) electrons. The minimum Gasteiger partial charge on any atom is -0.328 e. The van der Waals surface area contributed by atoms with Gasteiger partial charge in [-0.25, -0.2) is 10.4 Å². The highest BCUT2D eigenvalue weighted by Gasteiger charge is 2.31. The van der Waals surface area contributed by atoms with Crippen molar-refractivity contribution in [3.8, 4) is 10.7 Å². The highest BCUT2D eigenvalue weighted by molar-refractivity contribution is 7.13. The maximum absolute atomic E-state index is 4.65. The Morgan fingerprint density at radius 2 is 2.18 bits per heavy atom. The number of halogens is 2. The van der Waals surface area contributed by atoms with E-state index in [1.807, 2.05) is 11.6 Å². The lowest BCUT2D eigenvalue weighted by Crippen LogP contribution is -2.30. The molecule has 2 aromatic heterocycles. The number of rotatable bonds is 2. The maximum Gasteiger partial charge on any atom is 0.143 e. The number of aliphatic imine (C=N–C) groups is 1. The molecule has 0 aliphatic carbocycles. The molecular weight excluding hydrogens is 345 g/mol. The summed E-state index contributed by atoms with van der Waals surface area (Å²) in [5, 5.41) is 2.91. The average molecular weight is 358 g/mol. The predicted molar refractivity (Wildman–Crippen MR) is 89.9 cm³/mol. The smallest absolute Gasteiger partial charge is 0.143 e. The van der Waals surface area contributed by atoms with Gasteiger partial charge in [-0.1, -0.05) is 0 Å². The molecule has 0 bridgehead atoms. The monoisotopic (exact) mass is 357 g/mol. The molecule has 1 atom stereocenters. The molecule has 1 fully saturated rings. The van der Waals surface area contributed by atoms with Gasteiger partial charge in [0.2, 0.25) is 0 Å². The van der Waals surface area contributed by atoms with Gasteiger partial charge in [0.1, 0.15) is 22.7 Å². The van der Waals surface area contributed by atoms with Gasteiger partial charge in [-0.15, -0.1) is 36.2 Å². The molecule has 2 aliphatic rings. The molecule has 116 valence electrons. The fourth-order valence-electron chi connectivity index (χ4n) is 2.17. The van der Waals surface area contributed by atoms with E-state index in [-0.39, 0.29) is 31.0 Å². The average Bonchev–Trinajstić information content (AvgIpc) is 3.14. The van der Waals surface area contributed by atoms with E-state index in [0.29, 0.717) is 0 Å². The molecule has 4 rings (SSSR count). The second-order valence-electron chi connectivity index (χ2n) is 4.34. The van der Waals surface area contributed by atoms with Crippen molar-refractivity contribution in [1.29, 1.82) is 0 Å². The predicted octanol–water partition coefficient (Wildman–Crippen LogP) is 1.74. The van der Waals surface area contributed by atoms with Crippen LogP contribution in [0.1, 0.15) is 11.9 Å². The molecule has 7 nitrogen and oxygen atoms in total. The van der Waals surface area contributed by atoms with Crippen LogP contribution in [0.4, 0.5) is 0 Å². The summed E-state index contributed by atoms with van der Waals surface area (Å²) in [6.45, 7) is 0.758. The molecule has 1 saturated heterocycles. The van der Waals surface area contributed by atoms with E-state index in [1.54, 1.807) is 36.1 Å². The Labute approximate surface area is 143 Å². The molecule has 2 aromatic rings.